The van der Waals surface area contributed by atoms with Gasteiger partial charge in [-0.05, 0) is 80.0 Å². The Labute approximate surface area is 209 Å². The number of carbonyl (C=O) groups is 1. The van der Waals surface area contributed by atoms with Gasteiger partial charge in [-0.15, -0.1) is 0 Å². The van der Waals surface area contributed by atoms with Gasteiger partial charge in [0.25, 0.3) is 0 Å². The van der Waals surface area contributed by atoms with E-state index < -0.39 is 11.9 Å². The van der Waals surface area contributed by atoms with E-state index in [1.807, 2.05) is 0 Å². The summed E-state index contributed by atoms with van der Waals surface area (Å²) in [4.78, 5) is 13.2. The Morgan fingerprint density at radius 3 is 0.882 bits per heavy atom. The van der Waals surface area contributed by atoms with Gasteiger partial charge in [0.2, 0.25) is 0 Å². The van der Waals surface area contributed by atoms with Crippen molar-refractivity contribution in [3.63, 3.8) is 0 Å². The van der Waals surface area contributed by atoms with Crippen LogP contribution in [0.25, 0.3) is 0 Å². The average Bonchev–Trinajstić information content (AvgIpc) is 2.72. The molecule has 0 aliphatic rings. The van der Waals surface area contributed by atoms with E-state index >= 15 is 0 Å². The molecule has 0 saturated heterocycles. The summed E-state index contributed by atoms with van der Waals surface area (Å²) < 4.78 is 0. The quantitative estimate of drug-likeness (QED) is 0.401. The summed E-state index contributed by atoms with van der Waals surface area (Å²) in [7, 11) is 0. The van der Waals surface area contributed by atoms with Gasteiger partial charge in [0.15, 0.2) is 0 Å². The summed E-state index contributed by atoms with van der Waals surface area (Å²) in [5.41, 5.74) is 9.34. The van der Waals surface area contributed by atoms with Crippen molar-refractivity contribution in [2.45, 2.75) is 125 Å². The van der Waals surface area contributed by atoms with Gasteiger partial charge in [-0.25, -0.2) is 0 Å². The molecule has 2 heteroatoms. The zero-order chi connectivity index (χ0) is 26.1. The van der Waals surface area contributed by atoms with Crippen LogP contribution in [0, 0.1) is 0 Å². The van der Waals surface area contributed by atoms with Crippen LogP contribution in [-0.4, -0.2) is 11.1 Å². The van der Waals surface area contributed by atoms with E-state index in [-0.39, 0.29) is 23.7 Å². The topological polar surface area (TPSA) is 37.3 Å². The van der Waals surface area contributed by atoms with Gasteiger partial charge in [0.05, 0.1) is 0 Å². The van der Waals surface area contributed by atoms with Gasteiger partial charge in [-0.1, -0.05) is 107 Å². The lowest BCUT2D eigenvalue weighted by molar-refractivity contribution is -0.137. The maximum Gasteiger partial charge on any atom is 0.315 e. The molecule has 0 bridgehead atoms. The third kappa shape index (κ3) is 5.75. The first-order valence-corrected chi connectivity index (χ1v) is 13.3. The molecule has 2 aromatic rings. The van der Waals surface area contributed by atoms with Crippen molar-refractivity contribution in [2.75, 3.05) is 0 Å². The largest absolute Gasteiger partial charge is 0.481 e. The molecule has 0 amide bonds. The fourth-order valence-corrected chi connectivity index (χ4v) is 5.08. The average molecular weight is 465 g/mol. The number of carboxylic acids is 1. The maximum absolute atomic E-state index is 13.2. The highest BCUT2D eigenvalue weighted by Crippen LogP contribution is 2.44. The van der Waals surface area contributed by atoms with Crippen LogP contribution in [0.2, 0.25) is 0 Å². The van der Waals surface area contributed by atoms with Gasteiger partial charge in [-0.2, -0.15) is 0 Å². The molecule has 1 N–H and O–H groups in total. The van der Waals surface area contributed by atoms with Crippen molar-refractivity contribution in [3.05, 3.63) is 68.8 Å². The fourth-order valence-electron chi connectivity index (χ4n) is 5.08. The summed E-state index contributed by atoms with van der Waals surface area (Å²) >= 11 is 0. The Bertz CT molecular complexity index is 872. The van der Waals surface area contributed by atoms with Gasteiger partial charge in [0.1, 0.15) is 5.92 Å². The normalized spacial score (nSPS) is 12.4. The minimum absolute atomic E-state index is 0.244. The van der Waals surface area contributed by atoms with Crippen LogP contribution in [0.15, 0.2) is 24.3 Å². The maximum atomic E-state index is 13.2. The van der Waals surface area contributed by atoms with Crippen LogP contribution >= 0.6 is 0 Å². The Kier molecular flexibility index (Phi) is 9.19. The van der Waals surface area contributed by atoms with Crippen LogP contribution in [0.3, 0.4) is 0 Å². The zero-order valence-corrected chi connectivity index (χ0v) is 23.7. The number of hydrogen-bond donors (Lipinski definition) is 1. The van der Waals surface area contributed by atoms with Crippen LogP contribution in [0.1, 0.15) is 169 Å². The molecule has 0 aromatic heterocycles. The molecule has 2 aromatic carbocycles. The Morgan fingerprint density at radius 1 is 0.500 bits per heavy atom. The number of aliphatic carboxylic acids is 1. The molecule has 2 nitrogen and oxygen atoms in total. The minimum atomic E-state index is -0.748. The zero-order valence-electron chi connectivity index (χ0n) is 23.7. The summed E-state index contributed by atoms with van der Waals surface area (Å²) in [5, 5.41) is 10.9. The molecule has 34 heavy (non-hydrogen) atoms. The molecule has 2 rings (SSSR count). The Balaban J connectivity index is 3.10. The van der Waals surface area contributed by atoms with Crippen molar-refractivity contribution in [2.24, 2.45) is 0 Å². The summed E-state index contributed by atoms with van der Waals surface area (Å²) in [6, 6.07) is 9.11. The van der Waals surface area contributed by atoms with E-state index in [0.717, 1.165) is 11.1 Å². The van der Waals surface area contributed by atoms with E-state index in [1.165, 1.54) is 33.4 Å². The highest BCUT2D eigenvalue weighted by molar-refractivity contribution is 5.83. The van der Waals surface area contributed by atoms with Crippen LogP contribution in [-0.2, 0) is 4.79 Å². The molecule has 0 unspecified atom stereocenters. The first-order valence-electron chi connectivity index (χ1n) is 13.3. The SMILES string of the molecule is CC(C)c1cc(C(C)C)c(C(C(=O)O)c2c(C(C)C)cc(C(C)C)cc2C(C)C)c(C(C)C)c1. The van der Waals surface area contributed by atoms with Crippen molar-refractivity contribution < 1.29 is 9.90 Å². The van der Waals surface area contributed by atoms with E-state index in [1.54, 1.807) is 0 Å². The Morgan fingerprint density at radius 2 is 0.735 bits per heavy atom. The second-order valence-corrected chi connectivity index (χ2v) is 11.9. The number of hydrogen-bond acceptors (Lipinski definition) is 1. The molecule has 0 heterocycles. The second-order valence-electron chi connectivity index (χ2n) is 11.9. The summed E-state index contributed by atoms with van der Waals surface area (Å²) in [6.07, 6.45) is 0. The third-order valence-electron chi connectivity index (χ3n) is 7.18. The fraction of sp³-hybridized carbons (Fsp3) is 0.594. The Hall–Kier alpha value is -2.09. The van der Waals surface area contributed by atoms with Crippen molar-refractivity contribution >= 4 is 5.97 Å². The molecular weight excluding hydrogens is 416 g/mol. The van der Waals surface area contributed by atoms with E-state index in [0.29, 0.717) is 11.8 Å². The lowest BCUT2D eigenvalue weighted by Gasteiger charge is -2.31. The van der Waals surface area contributed by atoms with Crippen LogP contribution in [0.5, 0.6) is 0 Å². The van der Waals surface area contributed by atoms with Crippen LogP contribution in [0.4, 0.5) is 0 Å². The predicted octanol–water partition coefficient (Wildman–Crippen LogP) is 9.64. The van der Waals surface area contributed by atoms with E-state index in [4.69, 9.17) is 0 Å². The van der Waals surface area contributed by atoms with E-state index in [2.05, 4.69) is 107 Å². The molecule has 0 fully saturated rings. The lowest BCUT2D eigenvalue weighted by atomic mass is 9.72. The molecule has 0 spiro atoms. The second kappa shape index (κ2) is 11.1. The number of rotatable bonds is 9. The van der Waals surface area contributed by atoms with Crippen molar-refractivity contribution in [1.29, 1.82) is 0 Å². The standard InChI is InChI=1S/C32H48O2/c1-17(2)23-13-25(19(5)6)29(26(14-23)20(7)8)31(32(33)34)30-27(21(9)10)15-24(18(3)4)16-28(30)22(11)12/h13-22,31H,1-12H3,(H,33,34). The first kappa shape index (κ1) is 28.1. The minimum Gasteiger partial charge on any atom is -0.481 e. The predicted molar refractivity (Wildman–Crippen MR) is 147 cm³/mol. The van der Waals surface area contributed by atoms with Crippen molar-refractivity contribution in [1.82, 2.24) is 0 Å². The van der Waals surface area contributed by atoms with Crippen molar-refractivity contribution in [3.8, 4) is 0 Å². The van der Waals surface area contributed by atoms with Gasteiger partial charge < -0.3 is 5.11 Å². The summed E-state index contributed by atoms with van der Waals surface area (Å²) in [6.45, 7) is 26.4. The monoisotopic (exact) mass is 464 g/mol. The molecular formula is C32H48O2. The van der Waals surface area contributed by atoms with E-state index in [9.17, 15) is 9.90 Å². The highest BCUT2D eigenvalue weighted by Gasteiger charge is 2.34. The molecule has 0 aliphatic heterocycles. The first-order chi connectivity index (χ1) is 15.7. The smallest absolute Gasteiger partial charge is 0.315 e. The summed E-state index contributed by atoms with van der Waals surface area (Å²) in [5.74, 6) is 0.348. The third-order valence-corrected chi connectivity index (χ3v) is 7.18. The highest BCUT2D eigenvalue weighted by atomic mass is 16.4. The van der Waals surface area contributed by atoms with Gasteiger partial charge >= 0.3 is 5.97 Å². The number of carboxylic acid groups (broad SMARTS) is 1. The molecule has 0 atom stereocenters. The molecule has 188 valence electrons. The lowest BCUT2D eigenvalue weighted by Crippen LogP contribution is -2.23. The molecule has 0 saturated carbocycles. The molecule has 0 aliphatic carbocycles. The number of benzene rings is 2. The van der Waals surface area contributed by atoms with Gasteiger partial charge in [0, 0.05) is 0 Å². The van der Waals surface area contributed by atoms with Gasteiger partial charge in [-0.3, -0.25) is 4.79 Å². The molecule has 0 radical (unpaired) electrons. The van der Waals surface area contributed by atoms with Crippen LogP contribution < -0.4 is 0 Å².